The second-order valence-electron chi connectivity index (χ2n) is 6.01. The quantitative estimate of drug-likeness (QED) is 0.855. The van der Waals surface area contributed by atoms with Gasteiger partial charge in [0.15, 0.2) is 6.10 Å². The van der Waals surface area contributed by atoms with Crippen LogP contribution >= 0.6 is 0 Å². The Morgan fingerprint density at radius 2 is 2.13 bits per heavy atom. The van der Waals surface area contributed by atoms with Crippen LogP contribution in [-0.2, 0) is 9.59 Å². The second kappa shape index (κ2) is 6.58. The van der Waals surface area contributed by atoms with Gasteiger partial charge in [-0.15, -0.1) is 0 Å². The van der Waals surface area contributed by atoms with Crippen molar-refractivity contribution in [2.75, 3.05) is 24.6 Å². The first kappa shape index (κ1) is 15.8. The van der Waals surface area contributed by atoms with E-state index in [1.165, 1.54) is 0 Å². The number of aliphatic hydroxyl groups excluding tert-OH is 1. The molecule has 0 bridgehead atoms. The molecule has 124 valence electrons. The van der Waals surface area contributed by atoms with Crippen molar-refractivity contribution in [3.8, 4) is 5.75 Å². The van der Waals surface area contributed by atoms with Crippen molar-refractivity contribution in [1.29, 1.82) is 0 Å². The van der Waals surface area contributed by atoms with Gasteiger partial charge in [0.1, 0.15) is 5.75 Å². The van der Waals surface area contributed by atoms with Gasteiger partial charge in [0.25, 0.3) is 5.91 Å². The number of hydrogen-bond donors (Lipinski definition) is 1. The lowest BCUT2D eigenvalue weighted by Gasteiger charge is -2.33. The molecule has 2 aliphatic rings. The summed E-state index contributed by atoms with van der Waals surface area (Å²) in [7, 11) is 0. The highest BCUT2D eigenvalue weighted by Gasteiger charge is 2.34. The largest absolute Gasteiger partial charge is 0.479 e. The Hall–Kier alpha value is -2.08. The zero-order valence-electron chi connectivity index (χ0n) is 13.3. The van der Waals surface area contributed by atoms with E-state index in [1.54, 1.807) is 16.7 Å². The van der Waals surface area contributed by atoms with Gasteiger partial charge in [-0.2, -0.15) is 0 Å². The number of carbonyl (C=O) groups excluding carboxylic acids is 2. The molecule has 0 spiro atoms. The zero-order valence-corrected chi connectivity index (χ0v) is 13.3. The summed E-state index contributed by atoms with van der Waals surface area (Å²) < 4.78 is 5.60. The number of amides is 2. The molecule has 1 N–H and O–H groups in total. The van der Waals surface area contributed by atoms with Crippen LogP contribution in [0.15, 0.2) is 24.3 Å². The molecule has 1 aromatic carbocycles. The van der Waals surface area contributed by atoms with E-state index in [9.17, 15) is 9.59 Å². The van der Waals surface area contributed by atoms with Crippen molar-refractivity contribution in [3.05, 3.63) is 24.3 Å². The zero-order chi connectivity index (χ0) is 16.4. The fraction of sp³-hybridized carbons (Fsp3) is 0.529. The molecule has 0 unspecified atom stereocenters. The molecule has 6 heteroatoms. The highest BCUT2D eigenvalue weighted by molar-refractivity contribution is 6.00. The maximum absolute atomic E-state index is 12.4. The average Bonchev–Trinajstić information content (AvgIpc) is 3.37. The van der Waals surface area contributed by atoms with Gasteiger partial charge < -0.3 is 19.6 Å². The van der Waals surface area contributed by atoms with Gasteiger partial charge in [-0.05, 0) is 31.9 Å². The molecule has 1 aliphatic heterocycles. The number of benzene rings is 1. The van der Waals surface area contributed by atoms with Crippen molar-refractivity contribution in [3.63, 3.8) is 0 Å². The second-order valence-corrected chi connectivity index (χ2v) is 6.01. The van der Waals surface area contributed by atoms with Crippen molar-refractivity contribution in [1.82, 2.24) is 4.90 Å². The SMILES string of the molecule is C[C@@H]1Oc2ccccc2N(CCC(=O)N(CCO)C2CC2)C1=O. The van der Waals surface area contributed by atoms with Gasteiger partial charge in [0, 0.05) is 25.6 Å². The summed E-state index contributed by atoms with van der Waals surface area (Å²) in [5.41, 5.74) is 0.712. The molecular formula is C17H22N2O4. The first-order valence-corrected chi connectivity index (χ1v) is 8.09. The molecule has 0 saturated heterocycles. The van der Waals surface area contributed by atoms with Gasteiger partial charge in [-0.1, -0.05) is 12.1 Å². The van der Waals surface area contributed by atoms with E-state index in [2.05, 4.69) is 0 Å². The molecule has 1 aromatic rings. The van der Waals surface area contributed by atoms with E-state index in [0.717, 1.165) is 12.8 Å². The van der Waals surface area contributed by atoms with Gasteiger partial charge in [-0.25, -0.2) is 0 Å². The van der Waals surface area contributed by atoms with Gasteiger partial charge >= 0.3 is 0 Å². The minimum Gasteiger partial charge on any atom is -0.479 e. The third kappa shape index (κ3) is 3.32. The predicted molar refractivity (Wildman–Crippen MR) is 85.3 cm³/mol. The molecule has 2 amide bonds. The Labute approximate surface area is 135 Å². The standard InChI is InChI=1S/C17H22N2O4/c1-12-17(22)19(14-4-2-3-5-15(14)23-12)9-8-16(21)18(10-11-20)13-6-7-13/h2-5,12-13,20H,6-11H2,1H3/t12-/m0/s1. The molecule has 1 aliphatic carbocycles. The number of hydrogen-bond acceptors (Lipinski definition) is 4. The van der Waals surface area contributed by atoms with Crippen LogP contribution in [0.2, 0.25) is 0 Å². The maximum atomic E-state index is 12.4. The predicted octanol–water partition coefficient (Wildman–Crippen LogP) is 1.17. The molecule has 1 atom stereocenters. The average molecular weight is 318 g/mol. The number of para-hydroxylation sites is 2. The lowest BCUT2D eigenvalue weighted by Crippen LogP contribution is -2.46. The maximum Gasteiger partial charge on any atom is 0.267 e. The van der Waals surface area contributed by atoms with Crippen molar-refractivity contribution >= 4 is 17.5 Å². The van der Waals surface area contributed by atoms with Gasteiger partial charge in [-0.3, -0.25) is 9.59 Å². The Morgan fingerprint density at radius 3 is 2.83 bits per heavy atom. The van der Waals surface area contributed by atoms with Crippen molar-refractivity contribution < 1.29 is 19.4 Å². The normalized spacial score (nSPS) is 20.0. The Bertz CT molecular complexity index is 600. The number of anilines is 1. The number of fused-ring (bicyclic) bond motifs is 1. The molecular weight excluding hydrogens is 296 g/mol. The van der Waals surface area contributed by atoms with Crippen LogP contribution in [0.1, 0.15) is 26.2 Å². The first-order valence-electron chi connectivity index (χ1n) is 8.09. The minimum atomic E-state index is -0.544. The summed E-state index contributed by atoms with van der Waals surface area (Å²) in [6.07, 6.45) is 1.71. The topological polar surface area (TPSA) is 70.1 Å². The Kier molecular flexibility index (Phi) is 4.52. The van der Waals surface area contributed by atoms with Crippen molar-refractivity contribution in [2.45, 2.75) is 38.3 Å². The van der Waals surface area contributed by atoms with E-state index in [4.69, 9.17) is 9.84 Å². The number of nitrogens with zero attached hydrogens (tertiary/aromatic N) is 2. The van der Waals surface area contributed by atoms with Crippen LogP contribution in [0.25, 0.3) is 0 Å². The number of aliphatic hydroxyl groups is 1. The summed E-state index contributed by atoms with van der Waals surface area (Å²) in [6.45, 7) is 2.39. The molecule has 1 fully saturated rings. The summed E-state index contributed by atoms with van der Waals surface area (Å²) in [4.78, 5) is 28.1. The molecule has 0 aromatic heterocycles. The van der Waals surface area contributed by atoms with Crippen LogP contribution in [0.4, 0.5) is 5.69 Å². The molecule has 23 heavy (non-hydrogen) atoms. The van der Waals surface area contributed by atoms with E-state index < -0.39 is 6.10 Å². The lowest BCUT2D eigenvalue weighted by atomic mass is 10.1. The third-order valence-electron chi connectivity index (χ3n) is 4.27. The third-order valence-corrected chi connectivity index (χ3v) is 4.27. The van der Waals surface area contributed by atoms with E-state index in [1.807, 2.05) is 24.3 Å². The monoisotopic (exact) mass is 318 g/mol. The lowest BCUT2D eigenvalue weighted by molar-refractivity contribution is -0.132. The smallest absolute Gasteiger partial charge is 0.267 e. The van der Waals surface area contributed by atoms with Crippen molar-refractivity contribution in [2.24, 2.45) is 0 Å². The van der Waals surface area contributed by atoms with Gasteiger partial charge in [0.2, 0.25) is 5.91 Å². The van der Waals surface area contributed by atoms with E-state index in [-0.39, 0.29) is 30.9 Å². The summed E-state index contributed by atoms with van der Waals surface area (Å²) in [5, 5.41) is 9.11. The van der Waals surface area contributed by atoms with E-state index >= 15 is 0 Å². The van der Waals surface area contributed by atoms with Crippen LogP contribution in [-0.4, -0.2) is 53.7 Å². The fourth-order valence-electron chi connectivity index (χ4n) is 2.95. The number of ether oxygens (including phenoxy) is 1. The summed E-state index contributed by atoms with van der Waals surface area (Å²) in [5.74, 6) is 0.532. The molecule has 6 nitrogen and oxygen atoms in total. The van der Waals surface area contributed by atoms with E-state index in [0.29, 0.717) is 24.5 Å². The number of rotatable bonds is 6. The number of carbonyl (C=O) groups is 2. The summed E-state index contributed by atoms with van der Waals surface area (Å²) >= 11 is 0. The molecule has 1 saturated carbocycles. The molecule has 1 heterocycles. The van der Waals surface area contributed by atoms with Crippen LogP contribution in [0.5, 0.6) is 5.75 Å². The highest BCUT2D eigenvalue weighted by atomic mass is 16.5. The van der Waals surface area contributed by atoms with Crippen LogP contribution in [0.3, 0.4) is 0 Å². The summed E-state index contributed by atoms with van der Waals surface area (Å²) in [6, 6.07) is 7.63. The Balaban J connectivity index is 1.69. The Morgan fingerprint density at radius 1 is 1.39 bits per heavy atom. The van der Waals surface area contributed by atoms with Crippen LogP contribution in [0, 0.1) is 0 Å². The van der Waals surface area contributed by atoms with Gasteiger partial charge in [0.05, 0.1) is 12.3 Å². The fourth-order valence-corrected chi connectivity index (χ4v) is 2.95. The molecule has 0 radical (unpaired) electrons. The molecule has 3 rings (SSSR count). The van der Waals surface area contributed by atoms with Crippen LogP contribution < -0.4 is 9.64 Å². The minimum absolute atomic E-state index is 0.00836. The highest BCUT2D eigenvalue weighted by Crippen LogP contribution is 2.34. The first-order chi connectivity index (χ1) is 11.1.